The average Bonchev–Trinajstić information content (AvgIpc) is 2.97. The highest BCUT2D eigenvalue weighted by molar-refractivity contribution is 5.90. The van der Waals surface area contributed by atoms with E-state index in [0.29, 0.717) is 25.9 Å². The van der Waals surface area contributed by atoms with Crippen LogP contribution in [0.3, 0.4) is 0 Å². The van der Waals surface area contributed by atoms with E-state index in [9.17, 15) is 14.4 Å². The average molecular weight is 380 g/mol. The summed E-state index contributed by atoms with van der Waals surface area (Å²) in [6.07, 6.45) is 7.47. The second-order valence-corrected chi connectivity index (χ2v) is 8.16. The predicted octanol–water partition coefficient (Wildman–Crippen LogP) is 2.93. The zero-order chi connectivity index (χ0) is 20.0. The second-order valence-electron chi connectivity index (χ2n) is 8.16. The van der Waals surface area contributed by atoms with E-state index in [0.717, 1.165) is 19.3 Å². The molecule has 2 aliphatic heterocycles. The summed E-state index contributed by atoms with van der Waals surface area (Å²) in [5, 5.41) is 2.66. The first-order valence-electron chi connectivity index (χ1n) is 9.86. The van der Waals surface area contributed by atoms with E-state index in [1.54, 1.807) is 25.7 Å². The topological polar surface area (TPSA) is 84.9 Å². The highest BCUT2D eigenvalue weighted by Crippen LogP contribution is 2.30. The Morgan fingerprint density at radius 1 is 1.22 bits per heavy atom. The molecule has 3 atom stereocenters. The molecule has 152 valence electrons. The number of hydrogen-bond donors (Lipinski definition) is 1. The quantitative estimate of drug-likeness (QED) is 0.450. The van der Waals surface area contributed by atoms with E-state index in [-0.39, 0.29) is 17.9 Å². The lowest BCUT2D eigenvalue weighted by Crippen LogP contribution is -2.55. The number of nitrogens with one attached hydrogen (secondary N) is 1. The van der Waals surface area contributed by atoms with Gasteiger partial charge in [0.05, 0.1) is 6.61 Å². The van der Waals surface area contributed by atoms with Crippen LogP contribution < -0.4 is 5.32 Å². The summed E-state index contributed by atoms with van der Waals surface area (Å²) in [5.74, 6) is -0.593. The van der Waals surface area contributed by atoms with Gasteiger partial charge in [0.1, 0.15) is 17.7 Å². The summed E-state index contributed by atoms with van der Waals surface area (Å²) in [6.45, 7) is 7.71. The van der Waals surface area contributed by atoms with Gasteiger partial charge >= 0.3 is 12.1 Å². The number of rotatable bonds is 5. The Morgan fingerprint density at radius 2 is 1.93 bits per heavy atom. The molecule has 0 aromatic rings. The van der Waals surface area contributed by atoms with Crippen molar-refractivity contribution in [1.29, 1.82) is 0 Å². The molecule has 7 heteroatoms. The number of carbonyl (C=O) groups excluding carboxylic acids is 3. The second kappa shape index (κ2) is 9.24. The van der Waals surface area contributed by atoms with Crippen molar-refractivity contribution in [1.82, 2.24) is 10.2 Å². The molecule has 0 aromatic heterocycles. The van der Waals surface area contributed by atoms with Gasteiger partial charge in [-0.1, -0.05) is 25.5 Å². The minimum absolute atomic E-state index is 0.0410. The van der Waals surface area contributed by atoms with E-state index < -0.39 is 23.8 Å². The third-order valence-electron chi connectivity index (χ3n) is 4.71. The molecule has 0 bridgehead atoms. The molecule has 0 aliphatic carbocycles. The van der Waals surface area contributed by atoms with Crippen LogP contribution in [0.1, 0.15) is 66.2 Å². The minimum atomic E-state index is -0.747. The number of hydrogen-bond acceptors (Lipinski definition) is 5. The molecule has 27 heavy (non-hydrogen) atoms. The first-order chi connectivity index (χ1) is 12.7. The summed E-state index contributed by atoms with van der Waals surface area (Å²) in [7, 11) is 0. The van der Waals surface area contributed by atoms with Gasteiger partial charge in [-0.25, -0.2) is 9.59 Å². The molecule has 2 aliphatic rings. The molecule has 0 unspecified atom stereocenters. The highest BCUT2D eigenvalue weighted by atomic mass is 16.6. The Morgan fingerprint density at radius 3 is 2.59 bits per heavy atom. The number of carbonyl (C=O) groups is 3. The maximum absolute atomic E-state index is 13.1. The number of esters is 1. The van der Waals surface area contributed by atoms with Crippen molar-refractivity contribution in [2.75, 3.05) is 6.61 Å². The highest BCUT2D eigenvalue weighted by Gasteiger charge is 2.44. The SMILES string of the molecule is CCCCOC(=O)[C@@H]1CC[C@@H]2C/C=C\C[C@H](NC(=O)OC(C)(C)C)C(=O)N21. The van der Waals surface area contributed by atoms with Crippen molar-refractivity contribution in [3.63, 3.8) is 0 Å². The summed E-state index contributed by atoms with van der Waals surface area (Å²) in [4.78, 5) is 39.4. The fourth-order valence-corrected chi connectivity index (χ4v) is 3.43. The zero-order valence-corrected chi connectivity index (χ0v) is 16.8. The van der Waals surface area contributed by atoms with Crippen molar-refractivity contribution in [2.24, 2.45) is 0 Å². The summed E-state index contributed by atoms with van der Waals surface area (Å²) >= 11 is 0. The number of amides is 2. The normalized spacial score (nSPS) is 26.6. The van der Waals surface area contributed by atoms with Crippen molar-refractivity contribution in [2.45, 2.75) is 89.9 Å². The fraction of sp³-hybridized carbons (Fsp3) is 0.750. The van der Waals surface area contributed by atoms with Crippen molar-refractivity contribution in [3.05, 3.63) is 12.2 Å². The molecule has 0 aromatic carbocycles. The number of fused-ring (bicyclic) bond motifs is 1. The lowest BCUT2D eigenvalue weighted by Gasteiger charge is -2.33. The van der Waals surface area contributed by atoms with E-state index in [1.807, 2.05) is 19.1 Å². The van der Waals surface area contributed by atoms with Crippen LogP contribution in [-0.4, -0.2) is 53.2 Å². The summed E-state index contributed by atoms with van der Waals surface area (Å²) in [5.41, 5.74) is -0.646. The van der Waals surface area contributed by atoms with Crippen LogP contribution in [0.25, 0.3) is 0 Å². The zero-order valence-electron chi connectivity index (χ0n) is 16.8. The van der Waals surface area contributed by atoms with Crippen LogP contribution in [0.4, 0.5) is 4.79 Å². The van der Waals surface area contributed by atoms with Gasteiger partial charge in [0.2, 0.25) is 5.91 Å². The number of alkyl carbamates (subject to hydrolysis) is 1. The third kappa shape index (κ3) is 5.97. The molecule has 0 spiro atoms. The minimum Gasteiger partial charge on any atom is -0.464 e. The molecule has 2 rings (SSSR count). The Labute approximate surface area is 161 Å². The molecule has 1 N–H and O–H groups in total. The van der Waals surface area contributed by atoms with Gasteiger partial charge in [0.25, 0.3) is 0 Å². The Hall–Kier alpha value is -2.05. The monoisotopic (exact) mass is 380 g/mol. The van der Waals surface area contributed by atoms with E-state index >= 15 is 0 Å². The summed E-state index contributed by atoms with van der Waals surface area (Å²) in [6, 6.07) is -1.36. The smallest absolute Gasteiger partial charge is 0.408 e. The van der Waals surface area contributed by atoms with Crippen molar-refractivity contribution < 1.29 is 23.9 Å². The van der Waals surface area contributed by atoms with Gasteiger partial charge in [-0.2, -0.15) is 0 Å². The van der Waals surface area contributed by atoms with E-state index in [2.05, 4.69) is 5.32 Å². The van der Waals surface area contributed by atoms with Crippen molar-refractivity contribution >= 4 is 18.0 Å². The van der Waals surface area contributed by atoms with Gasteiger partial charge in [-0.3, -0.25) is 4.79 Å². The Kier molecular flexibility index (Phi) is 7.27. The molecule has 0 saturated carbocycles. The molecule has 7 nitrogen and oxygen atoms in total. The largest absolute Gasteiger partial charge is 0.464 e. The van der Waals surface area contributed by atoms with E-state index in [1.165, 1.54) is 0 Å². The van der Waals surface area contributed by atoms with E-state index in [4.69, 9.17) is 9.47 Å². The lowest BCUT2D eigenvalue weighted by molar-refractivity contribution is -0.155. The molecule has 1 saturated heterocycles. The maximum Gasteiger partial charge on any atom is 0.408 e. The van der Waals surface area contributed by atoms with Crippen LogP contribution in [0.2, 0.25) is 0 Å². The molecule has 0 radical (unpaired) electrons. The van der Waals surface area contributed by atoms with Crippen LogP contribution in [0.5, 0.6) is 0 Å². The fourth-order valence-electron chi connectivity index (χ4n) is 3.43. The number of unbranched alkanes of at least 4 members (excludes halogenated alkanes) is 1. The third-order valence-corrected chi connectivity index (χ3v) is 4.71. The first-order valence-corrected chi connectivity index (χ1v) is 9.86. The van der Waals surface area contributed by atoms with Crippen LogP contribution in [0, 0.1) is 0 Å². The Bertz CT molecular complexity index is 581. The Balaban J connectivity index is 2.10. The first kappa shape index (κ1) is 21.3. The molecule has 2 heterocycles. The van der Waals surface area contributed by atoms with Gasteiger partial charge in [-0.15, -0.1) is 0 Å². The van der Waals surface area contributed by atoms with Gasteiger partial charge in [-0.05, 0) is 52.9 Å². The summed E-state index contributed by atoms with van der Waals surface area (Å²) < 4.78 is 10.6. The van der Waals surface area contributed by atoms with Crippen molar-refractivity contribution in [3.8, 4) is 0 Å². The van der Waals surface area contributed by atoms with Gasteiger partial charge in [0.15, 0.2) is 0 Å². The molecule has 2 amide bonds. The lowest BCUT2D eigenvalue weighted by atomic mass is 10.0. The van der Waals surface area contributed by atoms with Crippen LogP contribution in [0.15, 0.2) is 12.2 Å². The van der Waals surface area contributed by atoms with Gasteiger partial charge in [0, 0.05) is 6.04 Å². The van der Waals surface area contributed by atoms with Gasteiger partial charge < -0.3 is 19.7 Å². The molecular formula is C20H32N2O5. The van der Waals surface area contributed by atoms with Crippen LogP contribution in [-0.2, 0) is 19.1 Å². The standard InChI is InChI=1S/C20H32N2O5/c1-5-6-13-26-18(24)16-12-11-14-9-7-8-10-15(17(23)22(14)16)21-19(25)27-20(2,3)4/h7-8,14-16H,5-6,9-13H2,1-4H3,(H,21,25)/b8-7-/t14-,15-,16-/m0/s1. The molecular weight excluding hydrogens is 348 g/mol. The number of nitrogens with zero attached hydrogens (tertiary/aromatic N) is 1. The molecule has 1 fully saturated rings. The maximum atomic E-state index is 13.1. The number of ether oxygens (including phenoxy) is 2. The predicted molar refractivity (Wildman–Crippen MR) is 101 cm³/mol. The van der Waals surface area contributed by atoms with Crippen LogP contribution >= 0.6 is 0 Å².